The zero-order valence-electron chi connectivity index (χ0n) is 12.3. The first-order valence-electron chi connectivity index (χ1n) is 7.29. The van der Waals surface area contributed by atoms with Crippen LogP contribution in [0.15, 0.2) is 12.4 Å². The van der Waals surface area contributed by atoms with Gasteiger partial charge in [0, 0.05) is 17.9 Å². The summed E-state index contributed by atoms with van der Waals surface area (Å²) in [5, 5.41) is 4.49. The van der Waals surface area contributed by atoms with Gasteiger partial charge in [-0.2, -0.15) is 5.10 Å². The first-order valence-corrected chi connectivity index (χ1v) is 7.29. The SMILES string of the molecule is CC1(C)OB(c2cnn(C3CCCC3)c2)OC1(C)C. The van der Waals surface area contributed by atoms with Gasteiger partial charge in [0.15, 0.2) is 0 Å². The second kappa shape index (κ2) is 4.35. The van der Waals surface area contributed by atoms with Crippen molar-refractivity contribution in [2.45, 2.75) is 70.6 Å². The Hall–Kier alpha value is -0.805. The summed E-state index contributed by atoms with van der Waals surface area (Å²) < 4.78 is 14.2. The average Bonchev–Trinajstić information content (AvgIpc) is 3.00. The highest BCUT2D eigenvalue weighted by Crippen LogP contribution is 2.36. The molecule has 3 rings (SSSR count). The van der Waals surface area contributed by atoms with E-state index in [1.165, 1.54) is 25.7 Å². The fourth-order valence-electron chi connectivity index (χ4n) is 2.82. The van der Waals surface area contributed by atoms with Crippen molar-refractivity contribution in [1.29, 1.82) is 0 Å². The van der Waals surface area contributed by atoms with Gasteiger partial charge in [0.1, 0.15) is 0 Å². The Balaban J connectivity index is 1.77. The normalized spacial score (nSPS) is 26.2. The van der Waals surface area contributed by atoms with Crippen LogP contribution in [0.2, 0.25) is 0 Å². The van der Waals surface area contributed by atoms with E-state index < -0.39 is 0 Å². The molecule has 1 aromatic heterocycles. The lowest BCUT2D eigenvalue weighted by atomic mass is 9.82. The first kappa shape index (κ1) is 13.2. The molecule has 104 valence electrons. The zero-order valence-corrected chi connectivity index (χ0v) is 12.3. The predicted octanol–water partition coefficient (Wildman–Crippen LogP) is 2.30. The van der Waals surface area contributed by atoms with Crippen LogP contribution in [-0.2, 0) is 9.31 Å². The van der Waals surface area contributed by atoms with Crippen LogP contribution in [0.1, 0.15) is 59.4 Å². The van der Waals surface area contributed by atoms with Gasteiger partial charge in [0.2, 0.25) is 0 Å². The van der Waals surface area contributed by atoms with E-state index in [-0.39, 0.29) is 18.3 Å². The van der Waals surface area contributed by atoms with Gasteiger partial charge in [-0.3, -0.25) is 4.68 Å². The molecule has 19 heavy (non-hydrogen) atoms. The van der Waals surface area contributed by atoms with Gasteiger partial charge < -0.3 is 9.31 Å². The molecule has 2 heterocycles. The van der Waals surface area contributed by atoms with Crippen LogP contribution in [0.25, 0.3) is 0 Å². The number of hydrogen-bond acceptors (Lipinski definition) is 3. The Morgan fingerprint density at radius 3 is 2.32 bits per heavy atom. The van der Waals surface area contributed by atoms with Crippen LogP contribution >= 0.6 is 0 Å². The highest BCUT2D eigenvalue weighted by Gasteiger charge is 2.52. The average molecular weight is 262 g/mol. The zero-order chi connectivity index (χ0) is 13.7. The lowest BCUT2D eigenvalue weighted by Gasteiger charge is -2.32. The Morgan fingerprint density at radius 2 is 1.74 bits per heavy atom. The van der Waals surface area contributed by atoms with Crippen molar-refractivity contribution in [2.75, 3.05) is 0 Å². The Kier molecular flexibility index (Phi) is 3.02. The van der Waals surface area contributed by atoms with Crippen molar-refractivity contribution in [3.05, 3.63) is 12.4 Å². The summed E-state index contributed by atoms with van der Waals surface area (Å²) in [6.07, 6.45) is 9.10. The Bertz CT molecular complexity index is 448. The summed E-state index contributed by atoms with van der Waals surface area (Å²) in [4.78, 5) is 0. The molecule has 0 bridgehead atoms. The van der Waals surface area contributed by atoms with Crippen molar-refractivity contribution in [2.24, 2.45) is 0 Å². The van der Waals surface area contributed by atoms with E-state index in [0.29, 0.717) is 6.04 Å². The largest absolute Gasteiger partial charge is 0.498 e. The first-order chi connectivity index (χ1) is 8.89. The Labute approximate surface area is 115 Å². The quantitative estimate of drug-likeness (QED) is 0.767. The smallest absolute Gasteiger partial charge is 0.399 e. The molecule has 0 unspecified atom stereocenters. The fraction of sp³-hybridized carbons (Fsp3) is 0.786. The molecule has 1 saturated carbocycles. The summed E-state index contributed by atoms with van der Waals surface area (Å²) in [5.41, 5.74) is 0.464. The molecule has 0 spiro atoms. The molecule has 0 atom stereocenters. The molecule has 2 fully saturated rings. The third-order valence-electron chi connectivity index (χ3n) is 4.85. The predicted molar refractivity (Wildman–Crippen MR) is 75.4 cm³/mol. The van der Waals surface area contributed by atoms with Crippen LogP contribution in [0.3, 0.4) is 0 Å². The number of hydrogen-bond donors (Lipinski definition) is 0. The maximum absolute atomic E-state index is 6.05. The molecular weight excluding hydrogens is 239 g/mol. The van der Waals surface area contributed by atoms with Crippen LogP contribution in [0.5, 0.6) is 0 Å². The third kappa shape index (κ3) is 2.23. The molecule has 1 saturated heterocycles. The highest BCUT2D eigenvalue weighted by molar-refractivity contribution is 6.61. The van der Waals surface area contributed by atoms with E-state index in [9.17, 15) is 0 Å². The summed E-state index contributed by atoms with van der Waals surface area (Å²) in [6.45, 7) is 8.31. The van der Waals surface area contributed by atoms with Crippen molar-refractivity contribution in [3.8, 4) is 0 Å². The lowest BCUT2D eigenvalue weighted by molar-refractivity contribution is 0.00578. The molecule has 0 radical (unpaired) electrons. The molecule has 0 aromatic carbocycles. The monoisotopic (exact) mass is 262 g/mol. The van der Waals surface area contributed by atoms with E-state index >= 15 is 0 Å². The van der Waals surface area contributed by atoms with E-state index in [4.69, 9.17) is 9.31 Å². The van der Waals surface area contributed by atoms with E-state index in [2.05, 4.69) is 43.7 Å². The van der Waals surface area contributed by atoms with Gasteiger partial charge in [-0.15, -0.1) is 0 Å². The number of rotatable bonds is 2. The highest BCUT2D eigenvalue weighted by atomic mass is 16.7. The van der Waals surface area contributed by atoms with Crippen LogP contribution in [-0.4, -0.2) is 28.1 Å². The van der Waals surface area contributed by atoms with Crippen LogP contribution in [0.4, 0.5) is 0 Å². The third-order valence-corrected chi connectivity index (χ3v) is 4.85. The maximum atomic E-state index is 6.05. The van der Waals surface area contributed by atoms with Gasteiger partial charge in [0.05, 0.1) is 17.2 Å². The van der Waals surface area contributed by atoms with E-state index in [1.807, 2.05) is 6.20 Å². The van der Waals surface area contributed by atoms with Crippen LogP contribution in [0, 0.1) is 0 Å². The maximum Gasteiger partial charge on any atom is 0.498 e. The van der Waals surface area contributed by atoms with Crippen molar-refractivity contribution in [3.63, 3.8) is 0 Å². The van der Waals surface area contributed by atoms with Crippen molar-refractivity contribution < 1.29 is 9.31 Å². The summed E-state index contributed by atoms with van der Waals surface area (Å²) in [6, 6.07) is 0.566. The summed E-state index contributed by atoms with van der Waals surface area (Å²) in [5.74, 6) is 0. The summed E-state index contributed by atoms with van der Waals surface area (Å²) in [7, 11) is -0.292. The van der Waals surface area contributed by atoms with E-state index in [1.54, 1.807) is 0 Å². The second-order valence-electron chi connectivity index (χ2n) is 6.78. The fourth-order valence-corrected chi connectivity index (χ4v) is 2.82. The van der Waals surface area contributed by atoms with E-state index in [0.717, 1.165) is 5.46 Å². The minimum atomic E-state index is -0.292. The molecule has 1 aliphatic carbocycles. The van der Waals surface area contributed by atoms with Crippen LogP contribution < -0.4 is 5.46 Å². The van der Waals surface area contributed by atoms with Gasteiger partial charge in [0.25, 0.3) is 0 Å². The molecule has 1 aromatic rings. The lowest BCUT2D eigenvalue weighted by Crippen LogP contribution is -2.41. The Morgan fingerprint density at radius 1 is 1.16 bits per heavy atom. The molecule has 0 amide bonds. The van der Waals surface area contributed by atoms with Gasteiger partial charge in [-0.05, 0) is 40.5 Å². The molecule has 2 aliphatic rings. The number of nitrogens with zero attached hydrogens (tertiary/aromatic N) is 2. The van der Waals surface area contributed by atoms with Gasteiger partial charge in [-0.1, -0.05) is 12.8 Å². The molecule has 1 aliphatic heterocycles. The van der Waals surface area contributed by atoms with Crippen molar-refractivity contribution in [1.82, 2.24) is 9.78 Å². The van der Waals surface area contributed by atoms with Gasteiger partial charge >= 0.3 is 7.12 Å². The minimum Gasteiger partial charge on any atom is -0.399 e. The topological polar surface area (TPSA) is 36.3 Å². The molecule has 5 heteroatoms. The van der Waals surface area contributed by atoms with Crippen molar-refractivity contribution >= 4 is 12.6 Å². The number of aromatic nitrogens is 2. The molecule has 4 nitrogen and oxygen atoms in total. The standard InChI is InChI=1S/C14H23BN2O2/c1-13(2)14(3,4)19-15(18-13)11-9-16-17(10-11)12-7-5-6-8-12/h9-10,12H,5-8H2,1-4H3. The minimum absolute atomic E-state index is 0.285. The molecular formula is C14H23BN2O2. The summed E-state index contributed by atoms with van der Waals surface area (Å²) >= 11 is 0. The van der Waals surface area contributed by atoms with Gasteiger partial charge in [-0.25, -0.2) is 0 Å². The second-order valence-corrected chi connectivity index (χ2v) is 6.78. The molecule has 0 N–H and O–H groups in total.